The van der Waals surface area contributed by atoms with E-state index in [0.29, 0.717) is 5.84 Å². The van der Waals surface area contributed by atoms with Crippen molar-refractivity contribution in [2.45, 2.75) is 57.5 Å². The molecule has 1 aliphatic carbocycles. The van der Waals surface area contributed by atoms with Crippen LogP contribution in [0.5, 0.6) is 0 Å². The molecule has 15 heavy (non-hydrogen) atoms. The maximum absolute atomic E-state index is 7.66. The first-order chi connectivity index (χ1) is 7.24. The predicted molar refractivity (Wildman–Crippen MR) is 63.1 cm³/mol. The van der Waals surface area contributed by atoms with Crippen molar-refractivity contribution in [3.63, 3.8) is 0 Å². The van der Waals surface area contributed by atoms with E-state index < -0.39 is 0 Å². The van der Waals surface area contributed by atoms with Crippen LogP contribution in [-0.2, 0) is 0 Å². The van der Waals surface area contributed by atoms with Crippen molar-refractivity contribution in [2.75, 3.05) is 6.54 Å². The summed E-state index contributed by atoms with van der Waals surface area (Å²) in [6.07, 6.45) is 7.81. The number of amidine groups is 1. The molecule has 2 rings (SSSR count). The first-order valence-electron chi connectivity index (χ1n) is 6.33. The van der Waals surface area contributed by atoms with Gasteiger partial charge in [0.25, 0.3) is 0 Å². The molecule has 3 nitrogen and oxygen atoms in total. The molecule has 3 atom stereocenters. The third-order valence-corrected chi connectivity index (χ3v) is 4.20. The van der Waals surface area contributed by atoms with Gasteiger partial charge in [0.2, 0.25) is 0 Å². The molecule has 1 saturated heterocycles. The molecule has 0 amide bonds. The summed E-state index contributed by atoms with van der Waals surface area (Å²) < 4.78 is 0. The van der Waals surface area contributed by atoms with Gasteiger partial charge in [-0.05, 0) is 38.1 Å². The maximum atomic E-state index is 7.66. The lowest BCUT2D eigenvalue weighted by atomic mass is 9.85. The van der Waals surface area contributed by atoms with Crippen molar-refractivity contribution in [2.24, 2.45) is 11.7 Å². The number of nitrogens with two attached hydrogens (primary N) is 1. The highest BCUT2D eigenvalue weighted by atomic mass is 15.2. The Morgan fingerprint density at radius 3 is 2.80 bits per heavy atom. The van der Waals surface area contributed by atoms with Gasteiger partial charge >= 0.3 is 0 Å². The predicted octanol–water partition coefficient (Wildman–Crippen LogP) is 1.97. The first-order valence-corrected chi connectivity index (χ1v) is 6.33. The summed E-state index contributed by atoms with van der Waals surface area (Å²) in [5, 5.41) is 7.66. The largest absolute Gasteiger partial charge is 0.386 e. The topological polar surface area (TPSA) is 53.1 Å². The van der Waals surface area contributed by atoms with E-state index in [0.717, 1.165) is 24.9 Å². The quantitative estimate of drug-likeness (QED) is 0.551. The second kappa shape index (κ2) is 4.52. The second-order valence-electron chi connectivity index (χ2n) is 5.02. The summed E-state index contributed by atoms with van der Waals surface area (Å²) in [6.45, 7) is 3.30. The number of fused-ring (bicyclic) bond motifs is 1. The van der Waals surface area contributed by atoms with Crippen molar-refractivity contribution in [3.8, 4) is 0 Å². The van der Waals surface area contributed by atoms with Crippen LogP contribution in [-0.4, -0.2) is 29.4 Å². The van der Waals surface area contributed by atoms with Crippen molar-refractivity contribution >= 4 is 5.84 Å². The van der Waals surface area contributed by atoms with E-state index in [9.17, 15) is 0 Å². The highest BCUT2D eigenvalue weighted by Gasteiger charge is 2.39. The molecule has 3 heteroatoms. The molecular weight excluding hydrogens is 186 g/mol. The third-order valence-electron chi connectivity index (χ3n) is 4.20. The summed E-state index contributed by atoms with van der Waals surface area (Å²) in [5.74, 6) is 1.26. The molecule has 0 aromatic carbocycles. The maximum Gasteiger partial charge on any atom is 0.108 e. The Balaban J connectivity index is 2.05. The second-order valence-corrected chi connectivity index (χ2v) is 5.02. The monoisotopic (exact) mass is 209 g/mol. The number of hydrogen-bond acceptors (Lipinski definition) is 2. The Kier molecular flexibility index (Phi) is 3.29. The summed E-state index contributed by atoms with van der Waals surface area (Å²) in [4.78, 5) is 2.51. The number of rotatable bonds is 3. The van der Waals surface area contributed by atoms with E-state index >= 15 is 0 Å². The van der Waals surface area contributed by atoms with Gasteiger partial charge in [0, 0.05) is 6.04 Å². The highest BCUT2D eigenvalue weighted by Crippen LogP contribution is 2.37. The van der Waals surface area contributed by atoms with Crippen LogP contribution in [0.2, 0.25) is 0 Å². The van der Waals surface area contributed by atoms with Crippen LogP contribution < -0.4 is 5.73 Å². The zero-order valence-electron chi connectivity index (χ0n) is 9.71. The van der Waals surface area contributed by atoms with Gasteiger partial charge in [-0.3, -0.25) is 10.3 Å². The molecule has 1 saturated carbocycles. The van der Waals surface area contributed by atoms with Crippen molar-refractivity contribution in [3.05, 3.63) is 0 Å². The number of nitrogens with zero attached hydrogens (tertiary/aromatic N) is 1. The minimum absolute atomic E-state index is 0.207. The van der Waals surface area contributed by atoms with Gasteiger partial charge in [-0.1, -0.05) is 19.8 Å². The van der Waals surface area contributed by atoms with Crippen LogP contribution in [0.25, 0.3) is 0 Å². The van der Waals surface area contributed by atoms with Gasteiger partial charge in [0.05, 0.1) is 6.04 Å². The van der Waals surface area contributed by atoms with Gasteiger partial charge in [0.1, 0.15) is 5.84 Å². The Bertz CT molecular complexity index is 239. The van der Waals surface area contributed by atoms with Gasteiger partial charge in [-0.15, -0.1) is 0 Å². The standard InChI is InChI=1S/C12H23N3/c1-2-10(12(13)14)15-8-7-9-5-3-4-6-11(9)15/h9-11H,2-8H2,1H3,(H3,13,14). The molecule has 0 aromatic heterocycles. The van der Waals surface area contributed by atoms with E-state index in [1.165, 1.54) is 32.1 Å². The molecular formula is C12H23N3. The van der Waals surface area contributed by atoms with E-state index in [1.807, 2.05) is 0 Å². The Morgan fingerprint density at radius 2 is 2.13 bits per heavy atom. The van der Waals surface area contributed by atoms with Crippen LogP contribution in [0.1, 0.15) is 45.4 Å². The SMILES string of the molecule is CCC(C(=N)N)N1CCC2CCCCC21. The zero-order chi connectivity index (χ0) is 10.8. The summed E-state index contributed by atoms with van der Waals surface area (Å²) in [7, 11) is 0. The number of hydrogen-bond donors (Lipinski definition) is 2. The average molecular weight is 209 g/mol. The smallest absolute Gasteiger partial charge is 0.108 e. The van der Waals surface area contributed by atoms with Gasteiger partial charge < -0.3 is 5.73 Å². The Hall–Kier alpha value is -0.570. The molecule has 3 unspecified atom stereocenters. The lowest BCUT2D eigenvalue weighted by Gasteiger charge is -2.36. The van der Waals surface area contributed by atoms with Crippen molar-refractivity contribution in [1.82, 2.24) is 4.90 Å². The minimum atomic E-state index is 0.207. The summed E-state index contributed by atoms with van der Waals surface area (Å²) >= 11 is 0. The Morgan fingerprint density at radius 1 is 1.40 bits per heavy atom. The van der Waals surface area contributed by atoms with Crippen molar-refractivity contribution in [1.29, 1.82) is 5.41 Å². The van der Waals surface area contributed by atoms with Gasteiger partial charge in [0.15, 0.2) is 0 Å². The molecule has 3 N–H and O–H groups in total. The summed E-state index contributed by atoms with van der Waals surface area (Å²) in [6, 6.07) is 0.936. The van der Waals surface area contributed by atoms with Crippen molar-refractivity contribution < 1.29 is 0 Å². The van der Waals surface area contributed by atoms with E-state index in [-0.39, 0.29) is 6.04 Å². The molecule has 0 bridgehead atoms. The first kappa shape index (κ1) is 10.9. The van der Waals surface area contributed by atoms with Gasteiger partial charge in [-0.2, -0.15) is 0 Å². The molecule has 0 spiro atoms. The molecule has 2 aliphatic rings. The lowest BCUT2D eigenvalue weighted by molar-refractivity contribution is 0.158. The van der Waals surface area contributed by atoms with E-state index in [2.05, 4.69) is 11.8 Å². The van der Waals surface area contributed by atoms with E-state index in [4.69, 9.17) is 11.1 Å². The summed E-state index contributed by atoms with van der Waals surface area (Å²) in [5.41, 5.74) is 5.69. The molecule has 1 aliphatic heterocycles. The van der Waals surface area contributed by atoms with Crippen LogP contribution in [0.15, 0.2) is 0 Å². The normalized spacial score (nSPS) is 33.7. The average Bonchev–Trinajstić information content (AvgIpc) is 2.63. The molecule has 0 radical (unpaired) electrons. The molecule has 86 valence electrons. The van der Waals surface area contributed by atoms with Crippen LogP contribution in [0.4, 0.5) is 0 Å². The fourth-order valence-electron chi connectivity index (χ4n) is 3.46. The van der Waals surface area contributed by atoms with Gasteiger partial charge in [-0.25, -0.2) is 0 Å². The Labute approximate surface area is 92.5 Å². The molecule has 0 aromatic rings. The fraction of sp³-hybridized carbons (Fsp3) is 0.917. The van der Waals surface area contributed by atoms with Crippen LogP contribution in [0, 0.1) is 11.3 Å². The minimum Gasteiger partial charge on any atom is -0.386 e. The molecule has 1 heterocycles. The molecule has 2 fully saturated rings. The zero-order valence-corrected chi connectivity index (χ0v) is 9.71. The highest BCUT2D eigenvalue weighted by molar-refractivity contribution is 5.82. The fourth-order valence-corrected chi connectivity index (χ4v) is 3.46. The number of likely N-dealkylation sites (tertiary alicyclic amines) is 1. The van der Waals surface area contributed by atoms with Crippen LogP contribution in [0.3, 0.4) is 0 Å². The third kappa shape index (κ3) is 2.03. The number of nitrogens with one attached hydrogen (secondary N) is 1. The van der Waals surface area contributed by atoms with E-state index in [1.54, 1.807) is 0 Å². The lowest BCUT2D eigenvalue weighted by Crippen LogP contribution is -2.48. The van der Waals surface area contributed by atoms with Crippen LogP contribution >= 0.6 is 0 Å².